The van der Waals surface area contributed by atoms with Gasteiger partial charge in [0.2, 0.25) is 5.95 Å². The average Bonchev–Trinajstić information content (AvgIpc) is 2.45. The second-order valence-corrected chi connectivity index (χ2v) is 5.01. The van der Waals surface area contributed by atoms with Crippen LogP contribution in [-0.4, -0.2) is 35.8 Å². The first-order valence-electron chi connectivity index (χ1n) is 6.23. The van der Waals surface area contributed by atoms with E-state index >= 15 is 0 Å². The van der Waals surface area contributed by atoms with Gasteiger partial charge in [0.25, 0.3) is 0 Å². The Morgan fingerprint density at radius 2 is 2.15 bits per heavy atom. The van der Waals surface area contributed by atoms with Gasteiger partial charge in [0.1, 0.15) is 5.82 Å². The number of aromatic nitrogens is 2. The van der Waals surface area contributed by atoms with Crippen molar-refractivity contribution >= 4 is 23.4 Å². The molecule has 0 amide bonds. The number of rotatable bonds is 5. The van der Waals surface area contributed by atoms with Crippen molar-refractivity contribution in [1.29, 1.82) is 0 Å². The van der Waals surface area contributed by atoms with E-state index in [0.717, 1.165) is 5.56 Å². The third-order valence-corrected chi connectivity index (χ3v) is 3.03. The fourth-order valence-corrected chi connectivity index (χ4v) is 1.98. The van der Waals surface area contributed by atoms with Gasteiger partial charge in [-0.25, -0.2) is 4.98 Å². The lowest BCUT2D eigenvalue weighted by Gasteiger charge is -2.18. The predicted octanol–water partition coefficient (Wildman–Crippen LogP) is 2.34. The summed E-state index contributed by atoms with van der Waals surface area (Å²) in [7, 11) is 3.75. The van der Waals surface area contributed by atoms with Crippen LogP contribution < -0.4 is 10.2 Å². The van der Waals surface area contributed by atoms with Gasteiger partial charge in [0.15, 0.2) is 0 Å². The molecule has 0 radical (unpaired) electrons. The second kappa shape index (κ2) is 6.54. The number of aliphatic hydroxyl groups excluding tert-OH is 1. The Hall–Kier alpha value is -1.85. The highest BCUT2D eigenvalue weighted by atomic mass is 35.5. The third kappa shape index (κ3) is 3.59. The summed E-state index contributed by atoms with van der Waals surface area (Å²) in [6.45, 7) is -0.0539. The van der Waals surface area contributed by atoms with Crippen LogP contribution in [-0.2, 0) is 0 Å². The van der Waals surface area contributed by atoms with E-state index in [9.17, 15) is 5.11 Å². The Morgan fingerprint density at radius 3 is 2.80 bits per heavy atom. The Morgan fingerprint density at radius 1 is 1.35 bits per heavy atom. The lowest BCUT2D eigenvalue weighted by atomic mass is 10.1. The van der Waals surface area contributed by atoms with Gasteiger partial charge in [0.05, 0.1) is 12.6 Å². The minimum atomic E-state index is -0.265. The van der Waals surface area contributed by atoms with Crippen molar-refractivity contribution in [2.45, 2.75) is 6.04 Å². The number of aliphatic hydroxyl groups is 1. The molecule has 6 heteroatoms. The Bertz CT molecular complexity index is 577. The van der Waals surface area contributed by atoms with Crippen LogP contribution in [0.5, 0.6) is 0 Å². The fraction of sp³-hybridized carbons (Fsp3) is 0.286. The maximum Gasteiger partial charge on any atom is 0.226 e. The van der Waals surface area contributed by atoms with Crippen molar-refractivity contribution in [1.82, 2.24) is 9.97 Å². The molecule has 0 bridgehead atoms. The summed E-state index contributed by atoms with van der Waals surface area (Å²) in [5.41, 5.74) is 0.907. The summed E-state index contributed by atoms with van der Waals surface area (Å²) in [5.74, 6) is 1.26. The SMILES string of the molecule is CN(C)c1nccc(NC(CO)c2cccc(Cl)c2)n1. The molecule has 2 N–H and O–H groups in total. The van der Waals surface area contributed by atoms with Crippen molar-refractivity contribution < 1.29 is 5.11 Å². The average molecular weight is 293 g/mol. The van der Waals surface area contributed by atoms with Crippen molar-refractivity contribution in [3.8, 4) is 0 Å². The minimum absolute atomic E-state index is 0.0539. The maximum absolute atomic E-state index is 9.55. The summed E-state index contributed by atoms with van der Waals surface area (Å²) in [6, 6.07) is 8.89. The minimum Gasteiger partial charge on any atom is -0.394 e. The molecule has 1 unspecified atom stereocenters. The van der Waals surface area contributed by atoms with E-state index in [1.165, 1.54) is 0 Å². The molecule has 2 aromatic rings. The van der Waals surface area contributed by atoms with Crippen molar-refractivity contribution in [3.63, 3.8) is 0 Å². The maximum atomic E-state index is 9.55. The molecule has 106 valence electrons. The highest BCUT2D eigenvalue weighted by Gasteiger charge is 2.12. The van der Waals surface area contributed by atoms with Crippen LogP contribution in [0.4, 0.5) is 11.8 Å². The molecule has 0 fully saturated rings. The number of anilines is 2. The lowest BCUT2D eigenvalue weighted by Crippen LogP contribution is -2.18. The molecule has 0 saturated carbocycles. The zero-order chi connectivity index (χ0) is 14.5. The van der Waals surface area contributed by atoms with Crippen LogP contribution in [0, 0.1) is 0 Å². The van der Waals surface area contributed by atoms with E-state index in [1.807, 2.05) is 37.2 Å². The molecule has 1 aromatic heterocycles. The van der Waals surface area contributed by atoms with Crippen LogP contribution in [0.2, 0.25) is 5.02 Å². The monoisotopic (exact) mass is 292 g/mol. The molecule has 1 atom stereocenters. The normalized spacial score (nSPS) is 12.0. The Labute approximate surface area is 123 Å². The summed E-state index contributed by atoms with van der Waals surface area (Å²) >= 11 is 5.97. The molecule has 1 aromatic carbocycles. The third-order valence-electron chi connectivity index (χ3n) is 2.80. The highest BCUT2D eigenvalue weighted by Crippen LogP contribution is 2.21. The number of benzene rings is 1. The number of hydrogen-bond donors (Lipinski definition) is 2. The quantitative estimate of drug-likeness (QED) is 0.886. The molecule has 0 aliphatic rings. The predicted molar refractivity (Wildman–Crippen MR) is 81.3 cm³/mol. The van der Waals surface area contributed by atoms with Gasteiger partial charge in [0, 0.05) is 25.3 Å². The molecular weight excluding hydrogens is 276 g/mol. The van der Waals surface area contributed by atoms with Gasteiger partial charge < -0.3 is 15.3 Å². The smallest absolute Gasteiger partial charge is 0.226 e. The van der Waals surface area contributed by atoms with E-state index < -0.39 is 0 Å². The fourth-order valence-electron chi connectivity index (χ4n) is 1.78. The Balaban J connectivity index is 2.20. The summed E-state index contributed by atoms with van der Waals surface area (Å²) in [6.07, 6.45) is 1.68. The van der Waals surface area contributed by atoms with E-state index in [0.29, 0.717) is 16.8 Å². The number of nitrogens with zero attached hydrogens (tertiary/aromatic N) is 3. The van der Waals surface area contributed by atoms with E-state index in [-0.39, 0.29) is 12.6 Å². The van der Waals surface area contributed by atoms with E-state index in [2.05, 4.69) is 15.3 Å². The highest BCUT2D eigenvalue weighted by molar-refractivity contribution is 6.30. The largest absolute Gasteiger partial charge is 0.394 e. The number of nitrogens with one attached hydrogen (secondary N) is 1. The molecule has 0 saturated heterocycles. The zero-order valence-electron chi connectivity index (χ0n) is 11.4. The van der Waals surface area contributed by atoms with Gasteiger partial charge in [-0.05, 0) is 23.8 Å². The van der Waals surface area contributed by atoms with Crippen molar-refractivity contribution in [3.05, 3.63) is 47.1 Å². The summed E-state index contributed by atoms with van der Waals surface area (Å²) in [4.78, 5) is 10.3. The molecule has 2 rings (SSSR count). The number of hydrogen-bond acceptors (Lipinski definition) is 5. The van der Waals surface area contributed by atoms with Crippen LogP contribution in [0.25, 0.3) is 0 Å². The summed E-state index contributed by atoms with van der Waals surface area (Å²) < 4.78 is 0. The zero-order valence-corrected chi connectivity index (χ0v) is 12.2. The molecular formula is C14H17ClN4O. The van der Waals surface area contributed by atoms with Crippen molar-refractivity contribution in [2.75, 3.05) is 30.9 Å². The lowest BCUT2D eigenvalue weighted by molar-refractivity contribution is 0.276. The van der Waals surface area contributed by atoms with Crippen molar-refractivity contribution in [2.24, 2.45) is 0 Å². The molecule has 0 aliphatic carbocycles. The van der Waals surface area contributed by atoms with Crippen LogP contribution in [0.1, 0.15) is 11.6 Å². The number of halogens is 1. The van der Waals surface area contributed by atoms with Gasteiger partial charge in [-0.1, -0.05) is 23.7 Å². The van der Waals surface area contributed by atoms with E-state index in [1.54, 1.807) is 18.3 Å². The molecule has 20 heavy (non-hydrogen) atoms. The second-order valence-electron chi connectivity index (χ2n) is 4.57. The Kier molecular flexibility index (Phi) is 4.76. The van der Waals surface area contributed by atoms with Gasteiger partial charge in [-0.2, -0.15) is 4.98 Å². The molecule has 0 spiro atoms. The van der Waals surface area contributed by atoms with Gasteiger partial charge in [-0.3, -0.25) is 0 Å². The summed E-state index contributed by atoms with van der Waals surface area (Å²) in [5, 5.41) is 13.4. The van der Waals surface area contributed by atoms with Crippen LogP contribution in [0.15, 0.2) is 36.5 Å². The first kappa shape index (κ1) is 14.6. The topological polar surface area (TPSA) is 61.3 Å². The van der Waals surface area contributed by atoms with E-state index in [4.69, 9.17) is 11.6 Å². The molecule has 1 heterocycles. The first-order chi connectivity index (χ1) is 9.60. The molecule has 5 nitrogen and oxygen atoms in total. The van der Waals surface area contributed by atoms with Gasteiger partial charge >= 0.3 is 0 Å². The standard InChI is InChI=1S/C14H17ClN4O/c1-19(2)14-16-7-6-13(18-14)17-12(9-20)10-4-3-5-11(15)8-10/h3-8,12,20H,9H2,1-2H3,(H,16,17,18). The first-order valence-corrected chi connectivity index (χ1v) is 6.61. The van der Waals surface area contributed by atoms with Gasteiger partial charge in [-0.15, -0.1) is 0 Å². The van der Waals surface area contributed by atoms with Crippen LogP contribution >= 0.6 is 11.6 Å². The molecule has 0 aliphatic heterocycles. The van der Waals surface area contributed by atoms with Crippen LogP contribution in [0.3, 0.4) is 0 Å².